The Hall–Kier alpha value is -15.6. The summed E-state index contributed by atoms with van der Waals surface area (Å²) in [5.74, 6) is 0. The van der Waals surface area contributed by atoms with E-state index in [4.69, 9.17) is 0 Å². The minimum Gasteiger partial charge on any atom is -0.0776 e. The van der Waals surface area contributed by atoms with E-state index < -0.39 is 0 Å². The van der Waals surface area contributed by atoms with Gasteiger partial charge in [0.05, 0.1) is 0 Å². The lowest BCUT2D eigenvalue weighted by Gasteiger charge is -2.08. The van der Waals surface area contributed by atoms with E-state index in [1.54, 1.807) is 0 Å². The zero-order valence-electron chi connectivity index (χ0n) is 83.0. The highest BCUT2D eigenvalue weighted by Gasteiger charge is 2.07. The average molecular weight is 1790 g/mol. The van der Waals surface area contributed by atoms with Crippen LogP contribution in [0.3, 0.4) is 0 Å². The quantitative estimate of drug-likeness (QED) is 0.140. The first-order valence-electron chi connectivity index (χ1n) is 48.6. The monoisotopic (exact) mass is 1790 g/mol. The first kappa shape index (κ1) is 108. The second-order valence-electron chi connectivity index (χ2n) is 30.5. The van der Waals surface area contributed by atoms with Crippen molar-refractivity contribution in [2.45, 2.75) is 118 Å². The summed E-state index contributed by atoms with van der Waals surface area (Å²) in [6.07, 6.45) is 0. The number of benzene rings is 22. The van der Waals surface area contributed by atoms with Crippen molar-refractivity contribution >= 4 is 64.6 Å². The lowest BCUT2D eigenvalue weighted by atomic mass is 9.97. The van der Waals surface area contributed by atoms with Gasteiger partial charge in [-0.2, -0.15) is 0 Å². The third kappa shape index (κ3) is 35.1. The molecule has 0 atom stereocenters. The first-order chi connectivity index (χ1) is 67.2. The fourth-order valence-corrected chi connectivity index (χ4v) is 15.0. The van der Waals surface area contributed by atoms with Gasteiger partial charge in [0, 0.05) is 0 Å². The van der Waals surface area contributed by atoms with Crippen LogP contribution in [0.5, 0.6) is 0 Å². The van der Waals surface area contributed by atoms with Gasteiger partial charge in [0.2, 0.25) is 0 Å². The molecule has 137 heavy (non-hydrogen) atoms. The van der Waals surface area contributed by atoms with Crippen molar-refractivity contribution in [3.63, 3.8) is 0 Å². The zero-order valence-corrected chi connectivity index (χ0v) is 83.0. The third-order valence-corrected chi connectivity index (χ3v) is 21.5. The molecule has 0 saturated carbocycles. The number of hydrogen-bond acceptors (Lipinski definition) is 0. The Balaban J connectivity index is 0.000000208. The molecule has 0 N–H and O–H groups in total. The summed E-state index contributed by atoms with van der Waals surface area (Å²) in [6.45, 7) is 32.5. The van der Waals surface area contributed by atoms with Crippen LogP contribution in [-0.2, 0) is 0 Å². The van der Waals surface area contributed by atoms with E-state index in [-0.39, 0.29) is 7.43 Å². The Bertz CT molecular complexity index is 6710. The summed E-state index contributed by atoms with van der Waals surface area (Å²) >= 11 is 0. The molecule has 0 bridgehead atoms. The molecule has 22 rings (SSSR count). The van der Waals surface area contributed by atoms with Gasteiger partial charge in [-0.25, -0.2) is 0 Å². The van der Waals surface area contributed by atoms with Crippen LogP contribution < -0.4 is 0 Å². The van der Waals surface area contributed by atoms with E-state index in [9.17, 15) is 0 Å². The highest BCUT2D eigenvalue weighted by molar-refractivity contribution is 6.07. The van der Waals surface area contributed by atoms with Crippen molar-refractivity contribution in [2.24, 2.45) is 0 Å². The predicted molar refractivity (Wildman–Crippen MR) is 615 cm³/mol. The van der Waals surface area contributed by atoms with E-state index in [2.05, 4.69) is 525 Å². The Labute approximate surface area is 823 Å². The molecule has 22 aromatic carbocycles. The average Bonchev–Trinajstić information content (AvgIpc) is 0.792. The third-order valence-electron chi connectivity index (χ3n) is 21.5. The molecule has 0 radical (unpaired) electrons. The van der Waals surface area contributed by atoms with Crippen LogP contribution >= 0.6 is 0 Å². The molecule has 22 aromatic rings. The van der Waals surface area contributed by atoms with Crippen LogP contribution in [0.25, 0.3) is 143 Å². The van der Waals surface area contributed by atoms with Crippen molar-refractivity contribution < 1.29 is 0 Å². The Morgan fingerprint density at radius 1 is 0.109 bits per heavy atom. The van der Waals surface area contributed by atoms with E-state index in [0.29, 0.717) is 0 Å². The van der Waals surface area contributed by atoms with Crippen molar-refractivity contribution in [3.05, 3.63) is 568 Å². The summed E-state index contributed by atoms with van der Waals surface area (Å²) < 4.78 is 0. The summed E-state index contributed by atoms with van der Waals surface area (Å²) in [7, 11) is 0. The van der Waals surface area contributed by atoms with Gasteiger partial charge >= 0.3 is 0 Å². The lowest BCUT2D eigenvalue weighted by Crippen LogP contribution is -1.84. The van der Waals surface area contributed by atoms with Crippen molar-refractivity contribution in [1.82, 2.24) is 0 Å². The number of fused-ring (bicyclic) bond motifs is 7. The molecule has 0 unspecified atom stereocenters. The van der Waals surface area contributed by atoms with E-state index >= 15 is 0 Å². The fourth-order valence-electron chi connectivity index (χ4n) is 15.0. The van der Waals surface area contributed by atoms with E-state index in [1.165, 1.54) is 165 Å². The second kappa shape index (κ2) is 63.5. The van der Waals surface area contributed by atoms with Gasteiger partial charge in [0.15, 0.2) is 0 Å². The second-order valence-corrected chi connectivity index (χ2v) is 30.5. The van der Waals surface area contributed by atoms with Crippen LogP contribution in [0, 0.1) is 27.7 Å². The van der Waals surface area contributed by atoms with Crippen molar-refractivity contribution in [3.8, 4) is 77.9 Å². The van der Waals surface area contributed by atoms with Crippen LogP contribution in [0.4, 0.5) is 0 Å². The topological polar surface area (TPSA) is 0 Å². The van der Waals surface area contributed by atoms with Gasteiger partial charge in [-0.05, 0) is 193 Å². The number of hydrogen-bond donors (Lipinski definition) is 0. The molecular weight excluding hydrogens is 1650 g/mol. The Morgan fingerprint density at radius 2 is 0.336 bits per heavy atom. The summed E-state index contributed by atoms with van der Waals surface area (Å²) in [5, 5.41) is 15.8. The molecule has 690 valence electrons. The van der Waals surface area contributed by atoms with Gasteiger partial charge in [0.25, 0.3) is 0 Å². The van der Waals surface area contributed by atoms with Crippen LogP contribution in [0.1, 0.15) is 113 Å². The lowest BCUT2D eigenvalue weighted by molar-refractivity contribution is 1.46. The van der Waals surface area contributed by atoms with Gasteiger partial charge in [-0.15, -0.1) is 0 Å². The smallest absolute Gasteiger partial charge is 0.0105 e. The normalized spacial score (nSPS) is 9.55. The van der Waals surface area contributed by atoms with Crippen LogP contribution in [0.15, 0.2) is 546 Å². The van der Waals surface area contributed by atoms with Gasteiger partial charge in [-0.1, -0.05) is 635 Å². The number of aryl methyl sites for hydroxylation is 4. The van der Waals surface area contributed by atoms with Crippen LogP contribution in [-0.4, -0.2) is 0 Å². The number of rotatable bonds is 7. The Kier molecular flexibility index (Phi) is 50.3. The summed E-state index contributed by atoms with van der Waals surface area (Å²) in [6, 6.07) is 191. The molecule has 0 saturated heterocycles. The maximum atomic E-state index is 2.26. The molecule has 0 aromatic heterocycles. The predicted octanol–water partition coefficient (Wildman–Crippen LogP) is 41.8. The molecule has 0 heterocycles. The molecule has 0 nitrogen and oxygen atoms in total. The minimum absolute atomic E-state index is 0. The van der Waals surface area contributed by atoms with Gasteiger partial charge < -0.3 is 0 Å². The fraction of sp³-hybridized carbons (Fsp3) is 0.124. The van der Waals surface area contributed by atoms with E-state index in [0.717, 1.165) is 0 Å². The Morgan fingerprint density at radius 3 is 0.679 bits per heavy atom. The molecule has 0 fully saturated rings. The molecule has 0 heteroatoms. The maximum absolute atomic E-state index is 2.26. The SMILES string of the molecule is C.CC.CC.CC.CC.CC.CC.Cc1cc(-c2ccccc2)cc(-c2ccccc2)c1.Cc1ccc2ccccc2c1.Cc1cccc2ccccc12.Cc1ccccc1.c1ccc(-c2ccc(-c3ccccc3)cc2)cc1.c1ccc(-c2ccc3ccccc3c2)cc1.c1ccc(-c2cccc3ccccc23)cc1.c1ccc(-c2ccccc2)cc1.c1ccc2c(c1)ccc1ccccc12. The molecule has 0 amide bonds. The largest absolute Gasteiger partial charge is 0.0776 e. The summed E-state index contributed by atoms with van der Waals surface area (Å²) in [5.41, 5.74) is 23.1. The highest BCUT2D eigenvalue weighted by atomic mass is 14.1. The molecular formula is C137H142. The van der Waals surface area contributed by atoms with Crippen molar-refractivity contribution in [2.75, 3.05) is 0 Å². The minimum atomic E-state index is 0. The van der Waals surface area contributed by atoms with Crippen molar-refractivity contribution in [1.29, 1.82) is 0 Å². The van der Waals surface area contributed by atoms with Crippen LogP contribution in [0.2, 0.25) is 0 Å². The first-order valence-corrected chi connectivity index (χ1v) is 48.6. The van der Waals surface area contributed by atoms with Gasteiger partial charge in [-0.3, -0.25) is 0 Å². The molecule has 0 aliphatic rings. The van der Waals surface area contributed by atoms with E-state index in [1.807, 2.05) is 132 Å². The standard InChI is InChI=1S/C19H16.C18H14.2C16H12.C14H10.C12H10.2C11H10.C7H8.6C2H6.CH4/c1-15-12-18(16-8-4-2-5-9-16)14-19(13-15)17-10-6-3-7-11-17;1-3-7-15(8-4-1)17-11-13-18(14-12-17)16-9-5-2-6-10-16;1-2-7-13(8-3-1)16-12-6-10-14-9-4-5-11-15(14)16;1-2-6-13(7-3-1)16-11-10-14-8-4-5-9-15(14)12-16;1-3-7-13-11(5-1)9-10-12-6-2-4-8-14(12)13;1-3-7-11(8-4-1)12-9-5-2-6-10-12;1-9-5-4-7-10-6-2-3-8-11(9)10;1-9-6-7-10-4-2-3-5-11(10)8-9;1-7-5-3-2-4-6-7;6*1-2;/h2-14H,1H3;1-14H;2*1-12H;1-10H;1-10H;2*2-8H,1H3;2-6H,1H3;6*1-2H3;1H4. The van der Waals surface area contributed by atoms with Gasteiger partial charge in [0.1, 0.15) is 0 Å². The molecule has 0 aliphatic carbocycles. The molecule has 0 aliphatic heterocycles. The highest BCUT2D eigenvalue weighted by Crippen LogP contribution is 2.33. The summed E-state index contributed by atoms with van der Waals surface area (Å²) in [4.78, 5) is 0. The molecule has 0 spiro atoms. The zero-order chi connectivity index (χ0) is 97.0. The maximum Gasteiger partial charge on any atom is -0.0105 e.